The Kier molecular flexibility index (Phi) is 9.56. The summed E-state index contributed by atoms with van der Waals surface area (Å²) in [4.78, 5) is 13.0. The van der Waals surface area contributed by atoms with Gasteiger partial charge in [-0.1, -0.05) is 20.8 Å². The summed E-state index contributed by atoms with van der Waals surface area (Å²) in [6.07, 6.45) is 4.33. The van der Waals surface area contributed by atoms with Crippen molar-refractivity contribution in [2.75, 3.05) is 19.7 Å². The summed E-state index contributed by atoms with van der Waals surface area (Å²) < 4.78 is 5.46. The van der Waals surface area contributed by atoms with Gasteiger partial charge in [0.1, 0.15) is 0 Å². The minimum absolute atomic E-state index is 0.0716. The summed E-state index contributed by atoms with van der Waals surface area (Å²) in [5.74, 6) is 0.905. The quantitative estimate of drug-likeness (QED) is 0.769. The van der Waals surface area contributed by atoms with Crippen molar-refractivity contribution in [3.63, 3.8) is 0 Å². The van der Waals surface area contributed by atoms with Crippen LogP contribution < -0.4 is 0 Å². The van der Waals surface area contributed by atoms with Crippen LogP contribution in [0, 0.1) is 11.3 Å². The standard InChI is InChI=1S/C10H18N2O2.C4H10/c1-9(13)12(6-3-5-11)8-10-4-2-7-14-10;1-4(2)3/h5,10-11H,2-4,6-8H2,1H3;4H,1-3H3. The minimum Gasteiger partial charge on any atom is -0.376 e. The van der Waals surface area contributed by atoms with E-state index in [0.29, 0.717) is 19.5 Å². The summed E-state index contributed by atoms with van der Waals surface area (Å²) in [5, 5.41) is 6.93. The maximum Gasteiger partial charge on any atom is 0.219 e. The molecule has 0 aliphatic carbocycles. The Hall–Kier alpha value is -0.900. The number of hydrogen-bond donors (Lipinski definition) is 1. The lowest BCUT2D eigenvalue weighted by Crippen LogP contribution is -2.36. The maximum atomic E-state index is 11.2. The highest BCUT2D eigenvalue weighted by molar-refractivity contribution is 5.73. The van der Waals surface area contributed by atoms with E-state index in [0.717, 1.165) is 25.4 Å². The highest BCUT2D eigenvalue weighted by Crippen LogP contribution is 2.13. The highest BCUT2D eigenvalue weighted by atomic mass is 16.5. The number of nitrogens with zero attached hydrogens (tertiary/aromatic N) is 1. The van der Waals surface area contributed by atoms with Crippen molar-refractivity contribution < 1.29 is 9.53 Å². The van der Waals surface area contributed by atoms with Crippen LogP contribution in [0.4, 0.5) is 0 Å². The molecule has 1 fully saturated rings. The van der Waals surface area contributed by atoms with Gasteiger partial charge in [0.05, 0.1) is 6.10 Å². The molecule has 0 bridgehead atoms. The second-order valence-electron chi connectivity index (χ2n) is 5.32. The molecular formula is C14H28N2O2. The lowest BCUT2D eigenvalue weighted by Gasteiger charge is -2.23. The van der Waals surface area contributed by atoms with Crippen LogP contribution in [-0.2, 0) is 9.53 Å². The molecule has 4 nitrogen and oxygen atoms in total. The largest absolute Gasteiger partial charge is 0.376 e. The fraction of sp³-hybridized carbons (Fsp3) is 0.857. The normalized spacial score (nSPS) is 18.2. The van der Waals surface area contributed by atoms with Gasteiger partial charge in [0.25, 0.3) is 0 Å². The molecule has 0 aromatic heterocycles. The van der Waals surface area contributed by atoms with E-state index in [2.05, 4.69) is 20.8 Å². The van der Waals surface area contributed by atoms with Gasteiger partial charge in [0.15, 0.2) is 0 Å². The molecule has 4 heteroatoms. The van der Waals surface area contributed by atoms with E-state index in [1.807, 2.05) is 0 Å². The molecule has 0 radical (unpaired) electrons. The number of carbonyl (C=O) groups excluding carboxylic acids is 1. The fourth-order valence-corrected chi connectivity index (χ4v) is 1.63. The lowest BCUT2D eigenvalue weighted by molar-refractivity contribution is -0.130. The van der Waals surface area contributed by atoms with Crippen LogP contribution in [-0.4, -0.2) is 42.8 Å². The Morgan fingerprint density at radius 3 is 2.50 bits per heavy atom. The second-order valence-corrected chi connectivity index (χ2v) is 5.32. The van der Waals surface area contributed by atoms with Crippen molar-refractivity contribution in [1.29, 1.82) is 5.41 Å². The monoisotopic (exact) mass is 256 g/mol. The van der Waals surface area contributed by atoms with Gasteiger partial charge in [-0.05, 0) is 31.4 Å². The SMILES string of the molecule is CC(=O)N(CCC=N)CC1CCCO1.CC(C)C. The first-order valence-corrected chi connectivity index (χ1v) is 6.83. The fourth-order valence-electron chi connectivity index (χ4n) is 1.63. The summed E-state index contributed by atoms with van der Waals surface area (Å²) in [6.45, 7) is 10.2. The molecule has 0 aromatic rings. The van der Waals surface area contributed by atoms with Gasteiger partial charge in [0, 0.05) is 26.6 Å². The Morgan fingerprint density at radius 1 is 1.50 bits per heavy atom. The van der Waals surface area contributed by atoms with E-state index in [9.17, 15) is 4.79 Å². The summed E-state index contributed by atoms with van der Waals surface area (Å²) >= 11 is 0. The van der Waals surface area contributed by atoms with E-state index in [1.54, 1.807) is 11.8 Å². The van der Waals surface area contributed by atoms with Gasteiger partial charge in [0.2, 0.25) is 5.91 Å². The first-order valence-electron chi connectivity index (χ1n) is 6.83. The molecular weight excluding hydrogens is 228 g/mol. The van der Waals surface area contributed by atoms with Gasteiger partial charge in [-0.15, -0.1) is 0 Å². The van der Waals surface area contributed by atoms with Crippen molar-refractivity contribution in [3.8, 4) is 0 Å². The van der Waals surface area contributed by atoms with Crippen LogP contribution in [0.15, 0.2) is 0 Å². The number of ether oxygens (including phenoxy) is 1. The number of nitrogens with one attached hydrogen (secondary N) is 1. The Labute approximate surface area is 111 Å². The molecule has 1 aliphatic heterocycles. The van der Waals surface area contributed by atoms with Crippen LogP contribution in [0.5, 0.6) is 0 Å². The molecule has 1 saturated heterocycles. The molecule has 1 amide bonds. The van der Waals surface area contributed by atoms with Crippen molar-refractivity contribution >= 4 is 12.1 Å². The zero-order chi connectivity index (χ0) is 14.0. The first kappa shape index (κ1) is 17.1. The first-order chi connectivity index (χ1) is 8.47. The summed E-state index contributed by atoms with van der Waals surface area (Å²) in [7, 11) is 0. The molecule has 0 aromatic carbocycles. The van der Waals surface area contributed by atoms with Gasteiger partial charge >= 0.3 is 0 Å². The maximum absolute atomic E-state index is 11.2. The van der Waals surface area contributed by atoms with Crippen LogP contribution in [0.3, 0.4) is 0 Å². The minimum atomic E-state index is 0.0716. The Balaban J connectivity index is 0.000000631. The van der Waals surface area contributed by atoms with E-state index in [4.69, 9.17) is 10.1 Å². The molecule has 0 saturated carbocycles. The van der Waals surface area contributed by atoms with Gasteiger partial charge in [-0.25, -0.2) is 0 Å². The topological polar surface area (TPSA) is 53.4 Å². The predicted molar refractivity (Wildman–Crippen MR) is 75.1 cm³/mol. The molecule has 1 atom stereocenters. The third-order valence-electron chi connectivity index (χ3n) is 2.44. The van der Waals surface area contributed by atoms with Crippen LogP contribution in [0.1, 0.15) is 47.0 Å². The van der Waals surface area contributed by atoms with E-state index in [1.165, 1.54) is 6.21 Å². The molecule has 1 unspecified atom stereocenters. The van der Waals surface area contributed by atoms with Crippen molar-refractivity contribution in [3.05, 3.63) is 0 Å². The number of rotatable bonds is 5. The zero-order valence-corrected chi connectivity index (χ0v) is 12.2. The Bertz CT molecular complexity index is 233. The van der Waals surface area contributed by atoms with Gasteiger partial charge in [-0.2, -0.15) is 0 Å². The van der Waals surface area contributed by atoms with Gasteiger partial charge in [-0.3, -0.25) is 4.79 Å². The molecule has 1 N–H and O–H groups in total. The zero-order valence-electron chi connectivity index (χ0n) is 12.2. The molecule has 18 heavy (non-hydrogen) atoms. The molecule has 106 valence electrons. The molecule has 1 aliphatic rings. The van der Waals surface area contributed by atoms with E-state index >= 15 is 0 Å². The highest BCUT2D eigenvalue weighted by Gasteiger charge is 2.19. The number of hydrogen-bond acceptors (Lipinski definition) is 3. The third kappa shape index (κ3) is 9.16. The van der Waals surface area contributed by atoms with Crippen LogP contribution >= 0.6 is 0 Å². The number of amides is 1. The summed E-state index contributed by atoms with van der Waals surface area (Å²) in [5.41, 5.74) is 0. The number of carbonyl (C=O) groups is 1. The molecule has 0 spiro atoms. The lowest BCUT2D eigenvalue weighted by atomic mass is 10.2. The van der Waals surface area contributed by atoms with Crippen molar-refractivity contribution in [1.82, 2.24) is 4.90 Å². The molecule has 1 rings (SSSR count). The summed E-state index contributed by atoms with van der Waals surface area (Å²) in [6, 6.07) is 0. The van der Waals surface area contributed by atoms with Crippen LogP contribution in [0.2, 0.25) is 0 Å². The Morgan fingerprint density at radius 2 is 2.11 bits per heavy atom. The van der Waals surface area contributed by atoms with E-state index in [-0.39, 0.29) is 12.0 Å². The third-order valence-corrected chi connectivity index (χ3v) is 2.44. The average Bonchev–Trinajstić information content (AvgIpc) is 2.75. The van der Waals surface area contributed by atoms with Gasteiger partial charge < -0.3 is 15.0 Å². The second kappa shape index (κ2) is 10.1. The molecule has 1 heterocycles. The smallest absolute Gasteiger partial charge is 0.219 e. The average molecular weight is 256 g/mol. The predicted octanol–water partition coefficient (Wildman–Crippen LogP) is 2.72. The van der Waals surface area contributed by atoms with Crippen molar-refractivity contribution in [2.24, 2.45) is 5.92 Å². The van der Waals surface area contributed by atoms with E-state index < -0.39 is 0 Å². The van der Waals surface area contributed by atoms with Crippen molar-refractivity contribution in [2.45, 2.75) is 53.1 Å². The van der Waals surface area contributed by atoms with Crippen LogP contribution in [0.25, 0.3) is 0 Å².